The number of rotatable bonds is 5. The molecule has 1 aromatic heterocycles. The van der Waals surface area contributed by atoms with Crippen molar-refractivity contribution in [1.82, 2.24) is 4.72 Å². The molecule has 17 heavy (non-hydrogen) atoms. The van der Waals surface area contributed by atoms with Gasteiger partial charge in [-0.1, -0.05) is 26.8 Å². The van der Waals surface area contributed by atoms with E-state index in [0.29, 0.717) is 10.6 Å². The van der Waals surface area contributed by atoms with E-state index in [1.54, 1.807) is 17.5 Å². The lowest BCUT2D eigenvalue weighted by Crippen LogP contribution is -2.43. The van der Waals surface area contributed by atoms with E-state index in [4.69, 9.17) is 5.11 Å². The summed E-state index contributed by atoms with van der Waals surface area (Å²) < 4.78 is 27.1. The second-order valence-corrected chi connectivity index (χ2v) is 7.87. The van der Waals surface area contributed by atoms with E-state index in [9.17, 15) is 8.42 Å². The molecule has 0 saturated carbocycles. The van der Waals surface area contributed by atoms with E-state index in [2.05, 4.69) is 4.72 Å². The first kappa shape index (κ1) is 14.6. The highest BCUT2D eigenvalue weighted by Crippen LogP contribution is 2.24. The summed E-state index contributed by atoms with van der Waals surface area (Å²) in [7, 11) is -3.46. The van der Waals surface area contributed by atoms with Crippen molar-refractivity contribution in [1.29, 1.82) is 0 Å². The molecule has 0 aliphatic rings. The van der Waals surface area contributed by atoms with Crippen LogP contribution in [0.5, 0.6) is 0 Å². The van der Waals surface area contributed by atoms with Gasteiger partial charge in [0.1, 0.15) is 4.21 Å². The van der Waals surface area contributed by atoms with Crippen molar-refractivity contribution in [2.24, 2.45) is 5.41 Å². The molecule has 0 aliphatic heterocycles. The maximum Gasteiger partial charge on any atom is 0.250 e. The molecule has 1 rings (SSSR count). The highest BCUT2D eigenvalue weighted by atomic mass is 32.2. The summed E-state index contributed by atoms with van der Waals surface area (Å²) in [6, 6.07) is 3.00. The lowest BCUT2D eigenvalue weighted by molar-refractivity contribution is 0.214. The standard InChI is InChI=1S/C11H19NO3S2/c1-11(2,3)9(6-7-13)12-17(14,15)10-5-4-8-16-10/h4-5,8-9,12-13H,6-7H2,1-3H3. The van der Waals surface area contributed by atoms with E-state index < -0.39 is 10.0 Å². The summed E-state index contributed by atoms with van der Waals surface area (Å²) in [5.41, 5.74) is -0.229. The second kappa shape index (κ2) is 5.48. The van der Waals surface area contributed by atoms with Crippen molar-refractivity contribution in [2.75, 3.05) is 6.61 Å². The summed E-state index contributed by atoms with van der Waals surface area (Å²) >= 11 is 1.19. The van der Waals surface area contributed by atoms with E-state index >= 15 is 0 Å². The minimum Gasteiger partial charge on any atom is -0.396 e. The van der Waals surface area contributed by atoms with E-state index in [0.717, 1.165) is 0 Å². The fourth-order valence-electron chi connectivity index (χ4n) is 1.46. The van der Waals surface area contributed by atoms with Crippen LogP contribution in [0.15, 0.2) is 21.7 Å². The lowest BCUT2D eigenvalue weighted by Gasteiger charge is -2.30. The highest BCUT2D eigenvalue weighted by molar-refractivity contribution is 7.91. The third-order valence-electron chi connectivity index (χ3n) is 2.52. The van der Waals surface area contributed by atoms with Gasteiger partial charge in [0, 0.05) is 12.6 Å². The smallest absolute Gasteiger partial charge is 0.250 e. The van der Waals surface area contributed by atoms with Gasteiger partial charge in [-0.15, -0.1) is 11.3 Å². The van der Waals surface area contributed by atoms with Crippen molar-refractivity contribution in [3.63, 3.8) is 0 Å². The predicted octanol–water partition coefficient (Wildman–Crippen LogP) is 1.82. The van der Waals surface area contributed by atoms with Crippen LogP contribution in [0, 0.1) is 5.41 Å². The molecule has 0 bridgehead atoms. The molecule has 4 nitrogen and oxygen atoms in total. The SMILES string of the molecule is CC(C)(C)C(CCO)NS(=O)(=O)c1cccs1. The van der Waals surface area contributed by atoms with Crippen molar-refractivity contribution in [3.05, 3.63) is 17.5 Å². The van der Waals surface area contributed by atoms with Crippen LogP contribution in [-0.4, -0.2) is 26.2 Å². The predicted molar refractivity (Wildman–Crippen MR) is 69.6 cm³/mol. The Balaban J connectivity index is 2.88. The molecule has 0 aromatic carbocycles. The van der Waals surface area contributed by atoms with Gasteiger partial charge >= 0.3 is 0 Å². The Morgan fingerprint density at radius 1 is 1.47 bits per heavy atom. The number of hydrogen-bond acceptors (Lipinski definition) is 4. The largest absolute Gasteiger partial charge is 0.396 e. The van der Waals surface area contributed by atoms with E-state index in [1.807, 2.05) is 20.8 Å². The van der Waals surface area contributed by atoms with Gasteiger partial charge in [-0.3, -0.25) is 0 Å². The third-order valence-corrected chi connectivity index (χ3v) is 5.39. The van der Waals surface area contributed by atoms with Crippen LogP contribution in [0.3, 0.4) is 0 Å². The summed E-state index contributed by atoms with van der Waals surface area (Å²) in [5, 5.41) is 10.7. The van der Waals surface area contributed by atoms with E-state index in [-0.39, 0.29) is 18.1 Å². The molecular formula is C11H19NO3S2. The zero-order valence-electron chi connectivity index (χ0n) is 10.3. The summed E-state index contributed by atoms with van der Waals surface area (Å²) in [6.45, 7) is 5.81. The molecule has 98 valence electrons. The fourth-order valence-corrected chi connectivity index (χ4v) is 3.95. The maximum atomic E-state index is 12.0. The first-order chi connectivity index (χ1) is 7.77. The average Bonchev–Trinajstić information content (AvgIpc) is 2.68. The molecule has 1 heterocycles. The maximum absolute atomic E-state index is 12.0. The van der Waals surface area contributed by atoms with Crippen molar-refractivity contribution in [3.8, 4) is 0 Å². The lowest BCUT2D eigenvalue weighted by atomic mass is 9.86. The van der Waals surface area contributed by atoms with Gasteiger partial charge in [-0.2, -0.15) is 0 Å². The van der Waals surface area contributed by atoms with Gasteiger partial charge in [0.15, 0.2) is 0 Å². The van der Waals surface area contributed by atoms with Gasteiger partial charge in [0.25, 0.3) is 0 Å². The molecule has 0 radical (unpaired) electrons. The molecule has 1 aromatic rings. The number of aliphatic hydroxyl groups is 1. The number of aliphatic hydroxyl groups excluding tert-OH is 1. The van der Waals surface area contributed by atoms with Crippen LogP contribution in [0.1, 0.15) is 27.2 Å². The zero-order valence-corrected chi connectivity index (χ0v) is 11.9. The number of hydrogen-bond donors (Lipinski definition) is 2. The number of thiophene rings is 1. The molecule has 0 fully saturated rings. The van der Waals surface area contributed by atoms with Gasteiger partial charge in [0.05, 0.1) is 0 Å². The van der Waals surface area contributed by atoms with E-state index in [1.165, 1.54) is 11.3 Å². The molecule has 2 N–H and O–H groups in total. The Morgan fingerprint density at radius 2 is 2.12 bits per heavy atom. The zero-order chi connectivity index (χ0) is 13.1. The van der Waals surface area contributed by atoms with Crippen molar-refractivity contribution in [2.45, 2.75) is 37.4 Å². The summed E-state index contributed by atoms with van der Waals surface area (Å²) in [6.07, 6.45) is 0.411. The summed E-state index contributed by atoms with van der Waals surface area (Å²) in [5.74, 6) is 0. The molecule has 0 saturated heterocycles. The van der Waals surface area contributed by atoms with Gasteiger partial charge < -0.3 is 5.11 Å². The van der Waals surface area contributed by atoms with Crippen LogP contribution in [0.2, 0.25) is 0 Å². The van der Waals surface area contributed by atoms with Crippen LogP contribution < -0.4 is 4.72 Å². The first-order valence-electron chi connectivity index (χ1n) is 5.44. The normalized spacial score (nSPS) is 14.8. The minimum atomic E-state index is -3.46. The average molecular weight is 277 g/mol. The fraction of sp³-hybridized carbons (Fsp3) is 0.636. The first-order valence-corrected chi connectivity index (χ1v) is 7.80. The molecule has 0 amide bonds. The highest BCUT2D eigenvalue weighted by Gasteiger charge is 2.29. The molecule has 0 spiro atoms. The Kier molecular flexibility index (Phi) is 4.71. The Bertz CT molecular complexity index is 432. The molecule has 0 aliphatic carbocycles. The summed E-state index contributed by atoms with van der Waals surface area (Å²) in [4.78, 5) is 0. The van der Waals surface area contributed by atoms with Gasteiger partial charge in [-0.25, -0.2) is 13.1 Å². The van der Waals surface area contributed by atoms with Crippen LogP contribution in [-0.2, 0) is 10.0 Å². The second-order valence-electron chi connectivity index (χ2n) is 4.98. The monoisotopic (exact) mass is 277 g/mol. The topological polar surface area (TPSA) is 66.4 Å². The number of nitrogens with one attached hydrogen (secondary N) is 1. The quantitative estimate of drug-likeness (QED) is 0.863. The Morgan fingerprint density at radius 3 is 2.53 bits per heavy atom. The third kappa shape index (κ3) is 4.06. The Hall–Kier alpha value is -0.430. The van der Waals surface area contributed by atoms with Crippen molar-refractivity contribution < 1.29 is 13.5 Å². The van der Waals surface area contributed by atoms with Crippen molar-refractivity contribution >= 4 is 21.4 Å². The van der Waals surface area contributed by atoms with Gasteiger partial charge in [-0.05, 0) is 23.3 Å². The van der Waals surface area contributed by atoms with Crippen LogP contribution in [0.4, 0.5) is 0 Å². The number of sulfonamides is 1. The van der Waals surface area contributed by atoms with Crippen LogP contribution in [0.25, 0.3) is 0 Å². The Labute approximate surface area is 107 Å². The molecular weight excluding hydrogens is 258 g/mol. The van der Waals surface area contributed by atoms with Gasteiger partial charge in [0.2, 0.25) is 10.0 Å². The van der Waals surface area contributed by atoms with Crippen LogP contribution >= 0.6 is 11.3 Å². The molecule has 6 heteroatoms. The molecule has 1 unspecified atom stereocenters. The minimum absolute atomic E-state index is 0.0328. The molecule has 1 atom stereocenters.